The van der Waals surface area contributed by atoms with Gasteiger partial charge in [0.2, 0.25) is 0 Å². The van der Waals surface area contributed by atoms with Crippen molar-refractivity contribution >= 4 is 11.4 Å². The summed E-state index contributed by atoms with van der Waals surface area (Å²) in [6, 6.07) is 10.9. The average molecular weight is 248 g/mol. The minimum absolute atomic E-state index is 0.545. The highest BCUT2D eigenvalue weighted by Gasteiger charge is 2.00. The topological polar surface area (TPSA) is 38.0 Å². The molecule has 3 N–H and O–H groups in total. The lowest BCUT2D eigenvalue weighted by Gasteiger charge is -2.07. The van der Waals surface area contributed by atoms with E-state index in [4.69, 9.17) is 5.73 Å². The summed E-state index contributed by atoms with van der Waals surface area (Å²) in [5, 5.41) is 3.15. The Kier molecular flexibility index (Phi) is 3.77. The molecule has 0 spiro atoms. The molecule has 2 nitrogen and oxygen atoms in total. The molecule has 0 aromatic heterocycles. The van der Waals surface area contributed by atoms with E-state index >= 15 is 0 Å². The van der Waals surface area contributed by atoms with Crippen LogP contribution in [0.2, 0.25) is 0 Å². The smallest absolute Gasteiger partial charge is 0.126 e. The van der Waals surface area contributed by atoms with Crippen LogP contribution in [0.4, 0.5) is 20.2 Å². The van der Waals surface area contributed by atoms with Gasteiger partial charge in [-0.05, 0) is 42.3 Å². The van der Waals surface area contributed by atoms with E-state index in [0.29, 0.717) is 24.2 Å². The summed E-state index contributed by atoms with van der Waals surface area (Å²) < 4.78 is 25.9. The lowest BCUT2D eigenvalue weighted by Crippen LogP contribution is -2.05. The van der Waals surface area contributed by atoms with E-state index in [-0.39, 0.29) is 0 Å². The van der Waals surface area contributed by atoms with Crippen LogP contribution >= 0.6 is 0 Å². The quantitative estimate of drug-likeness (QED) is 0.815. The predicted molar refractivity (Wildman–Crippen MR) is 69.4 cm³/mol. The molecule has 4 heteroatoms. The molecular formula is C14H14F2N2. The summed E-state index contributed by atoms with van der Waals surface area (Å²) in [7, 11) is 0. The van der Waals surface area contributed by atoms with Crippen molar-refractivity contribution in [2.75, 3.05) is 17.6 Å². The van der Waals surface area contributed by atoms with Crippen LogP contribution in [0.1, 0.15) is 5.56 Å². The van der Waals surface area contributed by atoms with Crippen LogP contribution in [0.5, 0.6) is 0 Å². The lowest BCUT2D eigenvalue weighted by molar-refractivity contribution is 0.580. The van der Waals surface area contributed by atoms with Gasteiger partial charge in [0.05, 0.1) is 0 Å². The molecule has 0 saturated heterocycles. The third kappa shape index (κ3) is 3.45. The maximum atomic E-state index is 13.0. The van der Waals surface area contributed by atoms with E-state index < -0.39 is 11.6 Å². The summed E-state index contributed by atoms with van der Waals surface area (Å²) in [6.45, 7) is 0.590. The highest BCUT2D eigenvalue weighted by atomic mass is 19.1. The first-order valence-electron chi connectivity index (χ1n) is 5.68. The number of halogens is 2. The summed E-state index contributed by atoms with van der Waals surface area (Å²) >= 11 is 0. The van der Waals surface area contributed by atoms with E-state index in [0.717, 1.165) is 11.8 Å². The highest BCUT2D eigenvalue weighted by Crippen LogP contribution is 2.12. The number of hydrogen-bond acceptors (Lipinski definition) is 2. The molecule has 2 aromatic rings. The van der Waals surface area contributed by atoms with Crippen molar-refractivity contribution in [2.45, 2.75) is 6.42 Å². The second kappa shape index (κ2) is 5.49. The average Bonchev–Trinajstić information content (AvgIpc) is 2.27. The number of nitrogens with two attached hydrogens (primary N) is 1. The number of nitrogens with one attached hydrogen (secondary N) is 1. The highest BCUT2D eigenvalue weighted by molar-refractivity contribution is 5.54. The Balaban J connectivity index is 1.92. The van der Waals surface area contributed by atoms with E-state index in [2.05, 4.69) is 5.32 Å². The van der Waals surface area contributed by atoms with E-state index in [1.165, 1.54) is 12.1 Å². The Bertz CT molecular complexity index is 521. The summed E-state index contributed by atoms with van der Waals surface area (Å²) in [6.07, 6.45) is 0.545. The summed E-state index contributed by atoms with van der Waals surface area (Å²) in [5.74, 6) is -1.09. The molecule has 2 aromatic carbocycles. The van der Waals surface area contributed by atoms with Crippen LogP contribution in [0.3, 0.4) is 0 Å². The van der Waals surface area contributed by atoms with Crippen molar-refractivity contribution in [2.24, 2.45) is 0 Å². The van der Waals surface area contributed by atoms with E-state index in [1.54, 1.807) is 6.07 Å². The zero-order valence-electron chi connectivity index (χ0n) is 9.79. The van der Waals surface area contributed by atoms with Crippen LogP contribution in [0, 0.1) is 11.6 Å². The van der Waals surface area contributed by atoms with Crippen molar-refractivity contribution < 1.29 is 8.78 Å². The van der Waals surface area contributed by atoms with Gasteiger partial charge in [-0.25, -0.2) is 8.78 Å². The van der Waals surface area contributed by atoms with Gasteiger partial charge in [-0.1, -0.05) is 6.07 Å². The maximum Gasteiger partial charge on any atom is 0.126 e. The second-order valence-corrected chi connectivity index (χ2v) is 4.08. The Morgan fingerprint density at radius 3 is 2.39 bits per heavy atom. The Morgan fingerprint density at radius 2 is 1.72 bits per heavy atom. The Morgan fingerprint density at radius 1 is 1.00 bits per heavy atom. The van der Waals surface area contributed by atoms with Gasteiger partial charge in [-0.3, -0.25) is 0 Å². The van der Waals surface area contributed by atoms with Crippen molar-refractivity contribution in [1.29, 1.82) is 0 Å². The molecule has 0 unspecified atom stereocenters. The first kappa shape index (κ1) is 12.4. The van der Waals surface area contributed by atoms with Crippen molar-refractivity contribution in [3.05, 3.63) is 59.7 Å². The molecule has 0 heterocycles. The maximum absolute atomic E-state index is 13.0. The van der Waals surface area contributed by atoms with Gasteiger partial charge in [0.25, 0.3) is 0 Å². The van der Waals surface area contributed by atoms with Crippen LogP contribution in [0.15, 0.2) is 42.5 Å². The van der Waals surface area contributed by atoms with Gasteiger partial charge in [-0.2, -0.15) is 0 Å². The summed E-state index contributed by atoms with van der Waals surface area (Å²) in [5.41, 5.74) is 7.84. The van der Waals surface area contributed by atoms with Crippen LogP contribution < -0.4 is 11.1 Å². The van der Waals surface area contributed by atoms with Gasteiger partial charge in [-0.15, -0.1) is 0 Å². The fraction of sp³-hybridized carbons (Fsp3) is 0.143. The SMILES string of the molecule is Nc1cccc(NCCc2cc(F)cc(F)c2)c1. The molecule has 0 bridgehead atoms. The molecule has 0 atom stereocenters. The normalized spacial score (nSPS) is 10.3. The second-order valence-electron chi connectivity index (χ2n) is 4.08. The lowest BCUT2D eigenvalue weighted by atomic mass is 10.1. The molecule has 0 amide bonds. The Hall–Kier alpha value is -2.10. The predicted octanol–water partition coefficient (Wildman–Crippen LogP) is 3.20. The Labute approximate surface area is 104 Å². The fourth-order valence-electron chi connectivity index (χ4n) is 1.76. The molecule has 18 heavy (non-hydrogen) atoms. The van der Waals surface area contributed by atoms with Gasteiger partial charge in [0, 0.05) is 24.0 Å². The largest absolute Gasteiger partial charge is 0.399 e. The molecule has 0 saturated carbocycles. The fourth-order valence-corrected chi connectivity index (χ4v) is 1.76. The van der Waals surface area contributed by atoms with Crippen LogP contribution in [-0.2, 0) is 6.42 Å². The standard InChI is InChI=1S/C14H14F2N2/c15-11-6-10(7-12(16)8-11)4-5-18-14-3-1-2-13(17)9-14/h1-3,6-9,18H,4-5,17H2. The molecule has 2 rings (SSSR count). The van der Waals surface area contributed by atoms with Gasteiger partial charge in [0.1, 0.15) is 11.6 Å². The van der Waals surface area contributed by atoms with Gasteiger partial charge in [0.15, 0.2) is 0 Å². The number of nitrogen functional groups attached to an aromatic ring is 1. The minimum Gasteiger partial charge on any atom is -0.399 e. The number of rotatable bonds is 4. The molecule has 0 fully saturated rings. The molecule has 94 valence electrons. The van der Waals surface area contributed by atoms with Gasteiger partial charge >= 0.3 is 0 Å². The van der Waals surface area contributed by atoms with E-state index in [9.17, 15) is 8.78 Å². The monoisotopic (exact) mass is 248 g/mol. The minimum atomic E-state index is -0.547. The molecular weight excluding hydrogens is 234 g/mol. The van der Waals surface area contributed by atoms with Crippen LogP contribution in [0.25, 0.3) is 0 Å². The van der Waals surface area contributed by atoms with Crippen molar-refractivity contribution in [1.82, 2.24) is 0 Å². The first-order valence-corrected chi connectivity index (χ1v) is 5.68. The molecule has 0 aliphatic carbocycles. The third-order valence-corrected chi connectivity index (χ3v) is 2.55. The first-order chi connectivity index (χ1) is 8.63. The molecule has 0 radical (unpaired) electrons. The third-order valence-electron chi connectivity index (χ3n) is 2.55. The van der Waals surface area contributed by atoms with Crippen molar-refractivity contribution in [3.63, 3.8) is 0 Å². The van der Waals surface area contributed by atoms with Crippen LogP contribution in [-0.4, -0.2) is 6.54 Å². The zero-order chi connectivity index (χ0) is 13.0. The zero-order valence-corrected chi connectivity index (χ0v) is 9.79. The molecule has 0 aliphatic heterocycles. The van der Waals surface area contributed by atoms with E-state index in [1.807, 2.05) is 18.2 Å². The van der Waals surface area contributed by atoms with Gasteiger partial charge < -0.3 is 11.1 Å². The molecule has 0 aliphatic rings. The van der Waals surface area contributed by atoms with Crippen molar-refractivity contribution in [3.8, 4) is 0 Å². The summed E-state index contributed by atoms with van der Waals surface area (Å²) in [4.78, 5) is 0. The number of anilines is 2. The number of benzene rings is 2. The number of hydrogen-bond donors (Lipinski definition) is 2.